The molecule has 5 aromatic rings. The number of ether oxygens (including phenoxy) is 2. The molecule has 12 N–H and O–H groups in total. The van der Waals surface area contributed by atoms with E-state index in [0.29, 0.717) is 34.4 Å². The van der Waals surface area contributed by atoms with Gasteiger partial charge in [0.2, 0.25) is 23.6 Å². The fourth-order valence-corrected chi connectivity index (χ4v) is 11.6. The predicted molar refractivity (Wildman–Crippen MR) is 299 cm³/mol. The number of phenolic OH excluding ortho intramolecular Hbond substituents is 3. The first-order valence-corrected chi connectivity index (χ1v) is 29.1. The number of carbonyl (C=O) groups is 8. The Hall–Kier alpha value is -7.21. The summed E-state index contributed by atoms with van der Waals surface area (Å²) in [5.74, 6) is -8.50. The van der Waals surface area contributed by atoms with E-state index in [-0.39, 0.29) is 62.1 Å². The molecule has 0 radical (unpaired) electrons. The van der Waals surface area contributed by atoms with Crippen LogP contribution in [0.3, 0.4) is 0 Å². The molecule has 0 unspecified atom stereocenters. The Balaban J connectivity index is 1.37. The zero-order valence-electron chi connectivity index (χ0n) is 47.0. The second-order valence-electron chi connectivity index (χ2n) is 22.0. The van der Waals surface area contributed by atoms with E-state index in [2.05, 4.69) is 31.9 Å². The summed E-state index contributed by atoms with van der Waals surface area (Å²) >= 11 is -0.823. The molecule has 5 aliphatic rings. The molecular weight excluding hydrogens is 1130 g/mol. The van der Waals surface area contributed by atoms with Crippen LogP contribution in [0.15, 0.2) is 72.8 Å². The molecule has 7 amide bonds. The van der Waals surface area contributed by atoms with E-state index in [1.165, 1.54) is 49.4 Å². The van der Waals surface area contributed by atoms with Crippen LogP contribution < -0.4 is 47.1 Å². The number of carbonyl (C=O) groups excluding carboxylic acids is 8. The predicted octanol–water partition coefficient (Wildman–Crippen LogP) is 3.64. The summed E-state index contributed by atoms with van der Waals surface area (Å²) < 4.78 is 12.8. The Morgan fingerprint density at radius 1 is 0.671 bits per heavy atom. The standard InChI is InChI=1S/C59H65N8O14.Rb/c1-25(2)16-39(67(8)9)55(75)66-51-53(73)33-12-15-43(27(4)18-33)81-45-21-34-20-44(30(45)7)80-42-14-11-31(17-26(42)3)28(5)48-56(76)62-38(24-68)35-22-41(70)29(6)52(72)47(35)36-19-32(10-13-40(36)69)49(57(77)63-48)65-58(78)50(34)64-54(74)37(23-46(60)71)61-59(51)79;/h10-15,17-22,25,28,37-39,48-51,53,69-70,72-73H,16,23H2,1-9H3,(H2,60,71)(H,61,79)(H,62,76)(H,63,77)(H,64,74)(H,65,78)(H,66,75);/t28-,37+,38+,39-,48+,49-,50-,51-,53-;/m1./s1. The van der Waals surface area contributed by atoms with Gasteiger partial charge in [0.25, 0.3) is 0 Å². The van der Waals surface area contributed by atoms with E-state index in [9.17, 15) is 49.2 Å². The molecule has 0 fully saturated rings. The molecule has 0 aliphatic carbocycles. The number of aliphatic hydroxyl groups excluding tert-OH is 1. The van der Waals surface area contributed by atoms with E-state index in [4.69, 9.17) is 15.2 Å². The van der Waals surface area contributed by atoms with Crippen LogP contribution in [-0.4, -0.2) is 159 Å². The number of aryl methyl sites for hydroxylation is 2. The number of nitrogens with two attached hydrogens (primary N) is 1. The Labute approximate surface area is 512 Å². The number of aliphatic hydroxyl groups is 1. The number of nitrogens with one attached hydrogen (secondary N) is 6. The van der Waals surface area contributed by atoms with Gasteiger partial charge in [-0.1, -0.05) is 19.9 Å². The summed E-state index contributed by atoms with van der Waals surface area (Å²) in [6, 6.07) is 6.42. The molecule has 0 spiro atoms. The minimum absolute atomic E-state index is 0.0292. The molecule has 23 heteroatoms. The molecule has 11 bridgehead atoms. The van der Waals surface area contributed by atoms with E-state index in [1.807, 2.05) is 13.8 Å². The molecule has 426 valence electrons. The summed E-state index contributed by atoms with van der Waals surface area (Å²) in [7, 11) is 3.37. The van der Waals surface area contributed by atoms with Crippen molar-refractivity contribution in [2.24, 2.45) is 11.7 Å². The molecule has 0 aromatic heterocycles. The second-order valence-corrected chi connectivity index (χ2v) is 24.4. The summed E-state index contributed by atoms with van der Waals surface area (Å²) in [5, 5.41) is 62.6. The Morgan fingerprint density at radius 2 is 1.24 bits per heavy atom. The van der Waals surface area contributed by atoms with Crippen LogP contribution in [0.5, 0.6) is 40.2 Å². The first-order valence-electron chi connectivity index (χ1n) is 26.7. The van der Waals surface area contributed by atoms with Crippen LogP contribution >= 0.6 is 0 Å². The van der Waals surface area contributed by atoms with Gasteiger partial charge in [0.05, 0.1) is 12.5 Å². The molecule has 5 aromatic carbocycles. The van der Waals surface area contributed by atoms with Gasteiger partial charge in [0.1, 0.15) is 29.7 Å². The fourth-order valence-electron chi connectivity index (χ4n) is 10.5. The van der Waals surface area contributed by atoms with Crippen LogP contribution in [0.25, 0.3) is 11.1 Å². The third-order valence-corrected chi connectivity index (χ3v) is 16.7. The molecule has 82 heavy (non-hydrogen) atoms. The maximum absolute atomic E-state index is 15.6. The normalized spacial score (nSPS) is 22.3. The second kappa shape index (κ2) is 24.7. The van der Waals surface area contributed by atoms with E-state index in [1.54, 1.807) is 77.0 Å². The summed E-state index contributed by atoms with van der Waals surface area (Å²) in [6.45, 7) is 12.0. The van der Waals surface area contributed by atoms with Crippen molar-refractivity contribution in [2.75, 3.05) is 14.1 Å². The quantitative estimate of drug-likeness (QED) is 0.106. The van der Waals surface area contributed by atoms with Gasteiger partial charge in [-0.25, -0.2) is 0 Å². The SMILES string of the molecule is Cc1cc2ccc1Oc1cc3cc(c1C)Oc1ccc(cc1C)[C@@H](O)[C@@H](NC(=O)[C@@H](CC(C)C)N(C)C)C(=O)N[C@@H](CC(N)=O)C(=O)N[C@H]3C(=O)N[C@H]1C(=O)N[C@H](C(=O)N[C@@H]([C](=O)[Rb])c3cc(O)c(C)c(O)c3-c3cc1ccc3O)[C@@H]2C. The van der Waals surface area contributed by atoms with Crippen molar-refractivity contribution >= 4 is 95.7 Å². The van der Waals surface area contributed by atoms with Gasteiger partial charge in [-0.3, -0.25) is 24.1 Å². The molecule has 5 aliphatic heterocycles. The van der Waals surface area contributed by atoms with E-state index < -0.39 is 174 Å². The Bertz CT molecular complexity index is 3460. The molecule has 5 heterocycles. The van der Waals surface area contributed by atoms with Crippen molar-refractivity contribution in [2.45, 2.75) is 116 Å². The maximum atomic E-state index is 15.6. The number of likely N-dealkylation sites (N-methyl/N-ethyl adjacent to an activating group) is 1. The molecule has 10 rings (SSSR count). The Kier molecular flexibility index (Phi) is 18.3. The van der Waals surface area contributed by atoms with Gasteiger partial charge in [-0.05, 0) is 75.7 Å². The first kappa shape index (κ1) is 60.9. The number of primary amides is 1. The van der Waals surface area contributed by atoms with Crippen molar-refractivity contribution in [3.63, 3.8) is 0 Å². The van der Waals surface area contributed by atoms with Crippen molar-refractivity contribution in [3.05, 3.63) is 123 Å². The Morgan fingerprint density at radius 3 is 1.83 bits per heavy atom. The summed E-state index contributed by atoms with van der Waals surface area (Å²) in [5.41, 5.74) is 7.30. The average molecular weight is 1200 g/mol. The van der Waals surface area contributed by atoms with Gasteiger partial charge < -0.3 is 26.2 Å². The zero-order valence-corrected chi connectivity index (χ0v) is 51.9. The number of hydrogen-bond acceptors (Lipinski definition) is 15. The monoisotopic (exact) mass is 1190 g/mol. The number of amides is 7. The van der Waals surface area contributed by atoms with Gasteiger partial charge in [-0.2, -0.15) is 0 Å². The summed E-state index contributed by atoms with van der Waals surface area (Å²) in [4.78, 5) is 118. The molecule has 0 saturated heterocycles. The third kappa shape index (κ3) is 12.7. The van der Waals surface area contributed by atoms with Crippen LogP contribution in [0.1, 0.15) is 114 Å². The van der Waals surface area contributed by atoms with Crippen molar-refractivity contribution in [1.82, 2.24) is 36.8 Å². The van der Waals surface area contributed by atoms with E-state index in [0.717, 1.165) is 0 Å². The van der Waals surface area contributed by atoms with Crippen LogP contribution in [-0.2, 0) is 38.4 Å². The van der Waals surface area contributed by atoms with Gasteiger partial charge in [0, 0.05) is 5.56 Å². The van der Waals surface area contributed by atoms with Crippen LogP contribution in [0.2, 0.25) is 0 Å². The molecule has 22 nitrogen and oxygen atoms in total. The molecule has 9 atom stereocenters. The minimum atomic E-state index is -1.90. The first-order chi connectivity index (χ1) is 38.6. The van der Waals surface area contributed by atoms with Crippen LogP contribution in [0, 0.1) is 33.6 Å². The number of aromatic hydroxyl groups is 3. The van der Waals surface area contributed by atoms with Gasteiger partial charge >= 0.3 is 299 Å². The van der Waals surface area contributed by atoms with Crippen molar-refractivity contribution < 1.29 is 68.3 Å². The van der Waals surface area contributed by atoms with Crippen LogP contribution in [0.4, 0.5) is 0 Å². The molecular formula is C59H65N8O14Rb. The van der Waals surface area contributed by atoms with Crippen molar-refractivity contribution in [3.8, 4) is 51.4 Å². The number of fused-ring (bicyclic) bond motifs is 15. The number of phenols is 3. The number of benzene rings is 5. The third-order valence-electron chi connectivity index (χ3n) is 15.3. The number of hydrogen-bond donors (Lipinski definition) is 11. The van der Waals surface area contributed by atoms with Gasteiger partial charge in [-0.15, -0.1) is 0 Å². The number of rotatable bonds is 8. The fraction of sp³-hybridized carbons (Fsp3) is 0.356. The average Bonchev–Trinajstić information content (AvgIpc) is 3.61. The zero-order chi connectivity index (χ0) is 59.9. The number of nitrogens with zero attached hydrogens (tertiary/aromatic N) is 1. The van der Waals surface area contributed by atoms with Gasteiger partial charge in [0.15, 0.2) is 0 Å². The topological polar surface area (TPSA) is 337 Å². The van der Waals surface area contributed by atoms with Crippen molar-refractivity contribution in [1.29, 1.82) is 0 Å². The molecule has 0 saturated carbocycles. The van der Waals surface area contributed by atoms with E-state index >= 15 is 9.59 Å². The summed E-state index contributed by atoms with van der Waals surface area (Å²) in [6.07, 6.45) is -2.26.